The zero-order valence-corrected chi connectivity index (χ0v) is 14.0. The summed E-state index contributed by atoms with van der Waals surface area (Å²) < 4.78 is 1.64. The zero-order valence-electron chi connectivity index (χ0n) is 13.3. The van der Waals surface area contributed by atoms with Crippen LogP contribution in [0, 0.1) is 0 Å². The lowest BCUT2D eigenvalue weighted by molar-refractivity contribution is 0.249. The maximum atomic E-state index is 12.1. The summed E-state index contributed by atoms with van der Waals surface area (Å²) in [6.45, 7) is 1.52. The van der Waals surface area contributed by atoms with Crippen LogP contribution in [-0.2, 0) is 0 Å². The van der Waals surface area contributed by atoms with Gasteiger partial charge in [0.25, 0.3) is 0 Å². The Hall–Kier alpha value is -2.87. The van der Waals surface area contributed by atoms with Gasteiger partial charge in [0.1, 0.15) is 12.1 Å². The van der Waals surface area contributed by atoms with Crippen molar-refractivity contribution in [1.82, 2.24) is 25.1 Å². The number of hydrogen-bond acceptors (Lipinski definition) is 5. The second-order valence-electron chi connectivity index (χ2n) is 5.87. The molecule has 0 saturated carbocycles. The molecule has 1 aromatic carbocycles. The lowest BCUT2D eigenvalue weighted by atomic mass is 10.3. The number of amides is 2. The van der Waals surface area contributed by atoms with Crippen LogP contribution in [0.4, 0.5) is 16.3 Å². The van der Waals surface area contributed by atoms with Gasteiger partial charge in [0.2, 0.25) is 0 Å². The van der Waals surface area contributed by atoms with E-state index in [1.54, 1.807) is 35.1 Å². The summed E-state index contributed by atoms with van der Waals surface area (Å²) in [7, 11) is 0. The van der Waals surface area contributed by atoms with Gasteiger partial charge in [-0.3, -0.25) is 0 Å². The molecule has 3 heterocycles. The van der Waals surface area contributed by atoms with Gasteiger partial charge >= 0.3 is 6.03 Å². The Morgan fingerprint density at radius 1 is 1.28 bits per heavy atom. The molecular weight excluding hydrogens is 342 g/mol. The SMILES string of the molecule is O=C(Nc1cccc(Cl)c1)NC1CCN(c2ccc3nncn3n2)C1. The van der Waals surface area contributed by atoms with Crippen LogP contribution in [0.1, 0.15) is 6.42 Å². The van der Waals surface area contributed by atoms with Gasteiger partial charge in [0.05, 0.1) is 0 Å². The topological polar surface area (TPSA) is 87.5 Å². The number of aromatic nitrogens is 4. The molecule has 25 heavy (non-hydrogen) atoms. The second kappa shape index (κ2) is 6.56. The van der Waals surface area contributed by atoms with Gasteiger partial charge in [-0.1, -0.05) is 17.7 Å². The van der Waals surface area contributed by atoms with E-state index in [0.717, 1.165) is 18.8 Å². The van der Waals surface area contributed by atoms with E-state index in [4.69, 9.17) is 11.6 Å². The van der Waals surface area contributed by atoms with Crippen molar-refractivity contribution in [3.63, 3.8) is 0 Å². The lowest BCUT2D eigenvalue weighted by Crippen LogP contribution is -2.39. The number of nitrogens with one attached hydrogen (secondary N) is 2. The first-order valence-corrected chi connectivity index (χ1v) is 8.30. The molecule has 4 rings (SSSR count). The average Bonchev–Trinajstić information content (AvgIpc) is 3.23. The summed E-state index contributed by atoms with van der Waals surface area (Å²) in [6, 6.07) is 10.7. The minimum atomic E-state index is -0.240. The predicted octanol–water partition coefficient (Wildman–Crippen LogP) is 2.18. The monoisotopic (exact) mass is 357 g/mol. The molecule has 0 aliphatic carbocycles. The molecule has 1 saturated heterocycles. The van der Waals surface area contributed by atoms with E-state index in [1.165, 1.54) is 0 Å². The largest absolute Gasteiger partial charge is 0.353 e. The Morgan fingerprint density at radius 3 is 3.08 bits per heavy atom. The molecule has 2 N–H and O–H groups in total. The molecule has 0 radical (unpaired) electrons. The van der Waals surface area contributed by atoms with Crippen molar-refractivity contribution >= 4 is 34.8 Å². The number of halogens is 1. The van der Waals surface area contributed by atoms with E-state index in [1.807, 2.05) is 12.1 Å². The van der Waals surface area contributed by atoms with Crippen LogP contribution in [0.25, 0.3) is 5.65 Å². The number of nitrogens with zero attached hydrogens (tertiary/aromatic N) is 5. The first-order chi connectivity index (χ1) is 12.2. The predicted molar refractivity (Wildman–Crippen MR) is 95.0 cm³/mol. The number of benzene rings is 1. The third-order valence-electron chi connectivity index (χ3n) is 4.08. The number of urea groups is 1. The molecule has 8 nitrogen and oxygen atoms in total. The molecule has 1 aliphatic rings. The molecule has 0 spiro atoms. The van der Waals surface area contributed by atoms with Crippen molar-refractivity contribution in [2.24, 2.45) is 0 Å². The van der Waals surface area contributed by atoms with E-state index in [9.17, 15) is 4.79 Å². The van der Waals surface area contributed by atoms with Crippen molar-refractivity contribution in [3.8, 4) is 0 Å². The van der Waals surface area contributed by atoms with E-state index >= 15 is 0 Å². The van der Waals surface area contributed by atoms with Crippen molar-refractivity contribution in [2.75, 3.05) is 23.3 Å². The number of hydrogen-bond donors (Lipinski definition) is 2. The molecule has 1 aliphatic heterocycles. The highest BCUT2D eigenvalue weighted by Gasteiger charge is 2.25. The van der Waals surface area contributed by atoms with E-state index < -0.39 is 0 Å². The maximum absolute atomic E-state index is 12.1. The number of carbonyl (C=O) groups is 1. The Morgan fingerprint density at radius 2 is 2.20 bits per heavy atom. The van der Waals surface area contributed by atoms with Gasteiger partial charge in [-0.2, -0.15) is 4.52 Å². The molecule has 1 fully saturated rings. The molecular formula is C16H16ClN7O. The summed E-state index contributed by atoms with van der Waals surface area (Å²) in [4.78, 5) is 14.3. The molecule has 0 bridgehead atoms. The Bertz CT molecular complexity index is 912. The van der Waals surface area contributed by atoms with Gasteiger partial charge in [0.15, 0.2) is 5.65 Å². The lowest BCUT2D eigenvalue weighted by Gasteiger charge is -2.18. The number of carbonyl (C=O) groups excluding carboxylic acids is 1. The first-order valence-electron chi connectivity index (χ1n) is 7.92. The average molecular weight is 358 g/mol. The highest BCUT2D eigenvalue weighted by molar-refractivity contribution is 6.30. The Kier molecular flexibility index (Phi) is 4.10. The van der Waals surface area contributed by atoms with E-state index in [0.29, 0.717) is 22.9 Å². The second-order valence-corrected chi connectivity index (χ2v) is 6.30. The molecule has 9 heteroatoms. The smallest absolute Gasteiger partial charge is 0.319 e. The van der Waals surface area contributed by atoms with Crippen LogP contribution in [-0.4, -0.2) is 45.0 Å². The minimum Gasteiger partial charge on any atom is -0.353 e. The standard InChI is InChI=1S/C16H16ClN7O/c17-11-2-1-3-12(8-11)19-16(25)20-13-6-7-23(9-13)15-5-4-14-21-18-10-24(14)22-15/h1-5,8,10,13H,6-7,9H2,(H2,19,20,25). The van der Waals surface area contributed by atoms with Crippen LogP contribution in [0.5, 0.6) is 0 Å². The Balaban J connectivity index is 1.36. The first kappa shape index (κ1) is 15.6. The minimum absolute atomic E-state index is 0.0533. The van der Waals surface area contributed by atoms with Crippen molar-refractivity contribution in [3.05, 3.63) is 47.7 Å². The summed E-state index contributed by atoms with van der Waals surface area (Å²) in [5, 5.41) is 18.6. The van der Waals surface area contributed by atoms with Crippen LogP contribution in [0.2, 0.25) is 5.02 Å². The quantitative estimate of drug-likeness (QED) is 0.750. The fourth-order valence-corrected chi connectivity index (χ4v) is 3.08. The Labute approximate surface area is 148 Å². The molecule has 128 valence electrons. The molecule has 2 aromatic heterocycles. The van der Waals surface area contributed by atoms with Crippen LogP contribution in [0.3, 0.4) is 0 Å². The van der Waals surface area contributed by atoms with Gasteiger partial charge < -0.3 is 15.5 Å². The summed E-state index contributed by atoms with van der Waals surface area (Å²) in [5.41, 5.74) is 1.37. The number of rotatable bonds is 3. The summed E-state index contributed by atoms with van der Waals surface area (Å²) in [5.74, 6) is 0.840. The van der Waals surface area contributed by atoms with E-state index in [2.05, 4.69) is 30.8 Å². The summed E-state index contributed by atoms with van der Waals surface area (Å²) >= 11 is 5.92. The molecule has 3 aromatic rings. The normalized spacial score (nSPS) is 17.0. The number of anilines is 2. The summed E-state index contributed by atoms with van der Waals surface area (Å²) in [6.07, 6.45) is 2.42. The van der Waals surface area contributed by atoms with Crippen molar-refractivity contribution in [2.45, 2.75) is 12.5 Å². The van der Waals surface area contributed by atoms with Crippen molar-refractivity contribution < 1.29 is 4.79 Å². The van der Waals surface area contributed by atoms with Gasteiger partial charge in [-0.25, -0.2) is 4.79 Å². The third-order valence-corrected chi connectivity index (χ3v) is 4.31. The molecule has 2 amide bonds. The van der Waals surface area contributed by atoms with Gasteiger partial charge in [-0.15, -0.1) is 15.3 Å². The molecule has 1 atom stereocenters. The number of fused-ring (bicyclic) bond motifs is 1. The fourth-order valence-electron chi connectivity index (χ4n) is 2.89. The maximum Gasteiger partial charge on any atom is 0.319 e. The highest BCUT2D eigenvalue weighted by atomic mass is 35.5. The zero-order chi connectivity index (χ0) is 17.2. The third kappa shape index (κ3) is 3.48. The van der Waals surface area contributed by atoms with Crippen LogP contribution < -0.4 is 15.5 Å². The highest BCUT2D eigenvalue weighted by Crippen LogP contribution is 2.19. The van der Waals surface area contributed by atoms with Crippen LogP contribution >= 0.6 is 11.6 Å². The fraction of sp³-hybridized carbons (Fsp3) is 0.250. The van der Waals surface area contributed by atoms with E-state index in [-0.39, 0.29) is 12.1 Å². The van der Waals surface area contributed by atoms with Gasteiger partial charge in [0, 0.05) is 29.8 Å². The van der Waals surface area contributed by atoms with Crippen molar-refractivity contribution in [1.29, 1.82) is 0 Å². The molecule has 1 unspecified atom stereocenters. The van der Waals surface area contributed by atoms with Gasteiger partial charge in [-0.05, 0) is 36.8 Å². The van der Waals surface area contributed by atoms with Crippen LogP contribution in [0.15, 0.2) is 42.7 Å².